The fourth-order valence-electron chi connectivity index (χ4n) is 10.3. The lowest BCUT2D eigenvalue weighted by molar-refractivity contribution is 0.569. The van der Waals surface area contributed by atoms with Crippen molar-refractivity contribution in [1.29, 1.82) is 0 Å². The third kappa shape index (κ3) is 4.80. The first-order valence-electron chi connectivity index (χ1n) is 20.5. The Kier molecular flexibility index (Phi) is 6.94. The summed E-state index contributed by atoms with van der Waals surface area (Å²) in [5.74, 6) is 0. The van der Waals surface area contributed by atoms with Gasteiger partial charge in [0.25, 0.3) is 0 Å². The third-order valence-corrected chi connectivity index (χ3v) is 12.9. The molecule has 0 fully saturated rings. The summed E-state index contributed by atoms with van der Waals surface area (Å²) in [4.78, 5) is 2.58. The number of anilines is 3. The molecule has 278 valence electrons. The SMILES string of the molecule is Cc1cc(C)c(-c2ccc3c(c2)N(c2cc(C(C)(C)C)cc(C(C)(C)C)c2)c2cc4oc5ccccc5c4c4c2B3n2c3ccccc3c3cccc-4c32)c(C)c1. The molecule has 2 aliphatic rings. The van der Waals surface area contributed by atoms with Gasteiger partial charge in [-0.2, -0.15) is 0 Å². The summed E-state index contributed by atoms with van der Waals surface area (Å²) >= 11 is 0. The number of furan rings is 1. The molecule has 2 aromatic heterocycles. The van der Waals surface area contributed by atoms with Gasteiger partial charge in [-0.15, -0.1) is 0 Å². The molecule has 0 radical (unpaired) electrons. The molecule has 0 atom stereocenters. The molecule has 0 N–H and O–H groups in total. The summed E-state index contributed by atoms with van der Waals surface area (Å²) in [5, 5.41) is 4.94. The van der Waals surface area contributed by atoms with Gasteiger partial charge in [-0.05, 0) is 112 Å². The molecule has 0 unspecified atom stereocenters. The Hall–Kier alpha value is -6.00. The highest BCUT2D eigenvalue weighted by molar-refractivity contribution is 6.90. The van der Waals surface area contributed by atoms with E-state index in [0.717, 1.165) is 16.6 Å². The molecule has 4 heterocycles. The predicted octanol–water partition coefficient (Wildman–Crippen LogP) is 13.3. The normalized spacial score (nSPS) is 13.6. The van der Waals surface area contributed by atoms with Crippen LogP contribution >= 0.6 is 0 Å². The highest BCUT2D eigenvalue weighted by Crippen LogP contribution is 2.50. The second kappa shape index (κ2) is 11.5. The minimum absolute atomic E-state index is 0.0497. The predicted molar refractivity (Wildman–Crippen MR) is 244 cm³/mol. The zero-order valence-electron chi connectivity index (χ0n) is 34.4. The van der Waals surface area contributed by atoms with Crippen LogP contribution in [0.4, 0.5) is 17.1 Å². The van der Waals surface area contributed by atoms with Crippen LogP contribution in [0.25, 0.3) is 66.0 Å². The Labute approximate surface area is 335 Å². The van der Waals surface area contributed by atoms with Gasteiger partial charge in [0.2, 0.25) is 0 Å². The molecule has 0 saturated heterocycles. The minimum Gasteiger partial charge on any atom is -0.456 e. The second-order valence-electron chi connectivity index (χ2n) is 18.8. The first kappa shape index (κ1) is 34.3. The average molecular weight is 739 g/mol. The number of aromatic nitrogens is 1. The van der Waals surface area contributed by atoms with Crippen molar-refractivity contribution in [2.24, 2.45) is 0 Å². The highest BCUT2D eigenvalue weighted by atomic mass is 16.3. The summed E-state index contributed by atoms with van der Waals surface area (Å²) in [6, 6.07) is 46.1. The Balaban J connectivity index is 1.34. The highest BCUT2D eigenvalue weighted by Gasteiger charge is 2.44. The molecule has 7 aromatic carbocycles. The molecule has 3 nitrogen and oxygen atoms in total. The van der Waals surface area contributed by atoms with Crippen LogP contribution in [0.15, 0.2) is 126 Å². The largest absolute Gasteiger partial charge is 0.456 e. The Morgan fingerprint density at radius 2 is 1.23 bits per heavy atom. The van der Waals surface area contributed by atoms with Gasteiger partial charge in [0, 0.05) is 61.3 Å². The van der Waals surface area contributed by atoms with Gasteiger partial charge in [-0.25, -0.2) is 0 Å². The molecule has 11 rings (SSSR count). The standard InChI is InChI=1S/C53H47BN2O/c1-30-23-31(2)47(32(3)24-30)33-21-22-41-43(25-33)55(36-27-34(52(4,5)6)26-35(28-36)53(7,8)9)44-29-46-48(39-16-11-13-20-45(39)57-46)49-40-18-14-17-38-37-15-10-12-19-42(37)56(51(38)40)54(41)50(44)49/h10-29H,1-9H3. The molecule has 4 heteroatoms. The zero-order chi connectivity index (χ0) is 39.3. The van der Waals surface area contributed by atoms with E-state index in [9.17, 15) is 0 Å². The number of fused-ring (bicyclic) bond motifs is 11. The van der Waals surface area contributed by atoms with Crippen LogP contribution in [0, 0.1) is 20.8 Å². The summed E-state index contributed by atoms with van der Waals surface area (Å²) in [6.45, 7) is 20.7. The van der Waals surface area contributed by atoms with E-state index in [4.69, 9.17) is 4.42 Å². The molecule has 9 aromatic rings. The van der Waals surface area contributed by atoms with Crippen LogP contribution in [0.1, 0.15) is 69.4 Å². The van der Waals surface area contributed by atoms with Crippen LogP contribution in [-0.2, 0) is 10.8 Å². The van der Waals surface area contributed by atoms with Crippen LogP contribution in [-0.4, -0.2) is 11.3 Å². The van der Waals surface area contributed by atoms with Crippen molar-refractivity contribution in [2.75, 3.05) is 4.90 Å². The monoisotopic (exact) mass is 738 g/mol. The van der Waals surface area contributed by atoms with Gasteiger partial charge in [0.05, 0.1) is 0 Å². The van der Waals surface area contributed by atoms with Gasteiger partial charge >= 0.3 is 6.85 Å². The van der Waals surface area contributed by atoms with E-state index >= 15 is 0 Å². The molecular weight excluding hydrogens is 691 g/mol. The number of nitrogens with zero attached hydrogens (tertiary/aromatic N) is 2. The Morgan fingerprint density at radius 1 is 0.561 bits per heavy atom. The third-order valence-electron chi connectivity index (χ3n) is 12.9. The molecule has 57 heavy (non-hydrogen) atoms. The molecular formula is C53H47BN2O. The zero-order valence-corrected chi connectivity index (χ0v) is 34.4. The summed E-state index contributed by atoms with van der Waals surface area (Å²) in [6.07, 6.45) is 0. The topological polar surface area (TPSA) is 21.3 Å². The second-order valence-corrected chi connectivity index (χ2v) is 18.8. The van der Waals surface area contributed by atoms with Crippen molar-refractivity contribution in [3.63, 3.8) is 0 Å². The maximum atomic E-state index is 6.89. The van der Waals surface area contributed by atoms with E-state index in [2.05, 4.69) is 193 Å². The van der Waals surface area contributed by atoms with E-state index in [-0.39, 0.29) is 17.7 Å². The first-order chi connectivity index (χ1) is 27.3. The molecule has 0 saturated carbocycles. The number of para-hydroxylation sites is 3. The van der Waals surface area contributed by atoms with Crippen LogP contribution < -0.4 is 15.8 Å². The number of hydrogen-bond donors (Lipinski definition) is 0. The molecule has 2 aliphatic heterocycles. The van der Waals surface area contributed by atoms with E-state index in [0.29, 0.717) is 0 Å². The van der Waals surface area contributed by atoms with Crippen molar-refractivity contribution < 1.29 is 4.42 Å². The van der Waals surface area contributed by atoms with E-state index in [1.165, 1.54) is 105 Å². The van der Waals surface area contributed by atoms with Gasteiger partial charge in [-0.1, -0.05) is 132 Å². The van der Waals surface area contributed by atoms with Crippen molar-refractivity contribution in [2.45, 2.75) is 73.1 Å². The number of hydrogen-bond acceptors (Lipinski definition) is 2. The van der Waals surface area contributed by atoms with E-state index < -0.39 is 0 Å². The molecule has 0 bridgehead atoms. The van der Waals surface area contributed by atoms with Gasteiger partial charge in [0.1, 0.15) is 11.2 Å². The van der Waals surface area contributed by atoms with Crippen molar-refractivity contribution in [1.82, 2.24) is 4.48 Å². The Bertz CT molecular complexity index is 3140. The fourth-order valence-corrected chi connectivity index (χ4v) is 10.3. The average Bonchev–Trinajstić information content (AvgIpc) is 3.71. The van der Waals surface area contributed by atoms with E-state index in [1.807, 2.05) is 0 Å². The van der Waals surface area contributed by atoms with Crippen LogP contribution in [0.5, 0.6) is 0 Å². The quantitative estimate of drug-likeness (QED) is 0.165. The lowest BCUT2D eigenvalue weighted by atomic mass is 9.44. The smallest absolute Gasteiger partial charge is 0.333 e. The van der Waals surface area contributed by atoms with Crippen molar-refractivity contribution in [3.05, 3.63) is 149 Å². The molecule has 0 spiro atoms. The Morgan fingerprint density at radius 3 is 1.95 bits per heavy atom. The van der Waals surface area contributed by atoms with Crippen molar-refractivity contribution >= 4 is 78.6 Å². The van der Waals surface area contributed by atoms with Crippen LogP contribution in [0.2, 0.25) is 0 Å². The first-order valence-corrected chi connectivity index (χ1v) is 20.5. The lowest BCUT2D eigenvalue weighted by Gasteiger charge is -2.41. The summed E-state index contributed by atoms with van der Waals surface area (Å²) < 4.78 is 9.55. The van der Waals surface area contributed by atoms with Gasteiger partial charge in [-0.3, -0.25) is 0 Å². The molecule has 0 aliphatic carbocycles. The van der Waals surface area contributed by atoms with Gasteiger partial charge in [0.15, 0.2) is 0 Å². The van der Waals surface area contributed by atoms with Crippen molar-refractivity contribution in [3.8, 4) is 22.3 Å². The maximum Gasteiger partial charge on any atom is 0.333 e. The number of benzene rings is 7. The lowest BCUT2D eigenvalue weighted by Crippen LogP contribution is -2.56. The molecule has 0 amide bonds. The fraction of sp³-hybridized carbons (Fsp3) is 0.208. The minimum atomic E-state index is -0.0567. The van der Waals surface area contributed by atoms with Gasteiger partial charge < -0.3 is 13.8 Å². The maximum absolute atomic E-state index is 6.89. The summed E-state index contributed by atoms with van der Waals surface area (Å²) in [5.41, 5.74) is 22.1. The summed E-state index contributed by atoms with van der Waals surface area (Å²) in [7, 11) is 0. The van der Waals surface area contributed by atoms with E-state index in [1.54, 1.807) is 0 Å². The number of aryl methyl sites for hydroxylation is 3. The number of rotatable bonds is 2. The van der Waals surface area contributed by atoms with Crippen LogP contribution in [0.3, 0.4) is 0 Å².